The van der Waals surface area contributed by atoms with Crippen LogP contribution in [0.4, 0.5) is 5.95 Å². The molecule has 162 valence electrons. The average Bonchev–Trinajstić information content (AvgIpc) is 3.19. The number of hydrogen-bond acceptors (Lipinski definition) is 7. The topological polar surface area (TPSA) is 115 Å². The maximum atomic E-state index is 12.7. The van der Waals surface area contributed by atoms with Gasteiger partial charge in [0.25, 0.3) is 5.91 Å². The standard InChI is InChI=1S/C21H25N7O2S/c1-4-28-18(17(14(2)3)25-19(30)15-9-6-5-7-10-15)26-27-21(28)31-13-16(29)24-20-22-11-8-12-23-20/h5-12,14,17H,4,13H2,1-3H3,(H,25,30)(H,22,23,24,29)/t17-/m1/s1. The second-order valence-electron chi connectivity index (χ2n) is 7.06. The van der Waals surface area contributed by atoms with Crippen molar-refractivity contribution in [3.63, 3.8) is 0 Å². The Hall–Kier alpha value is -3.27. The highest BCUT2D eigenvalue weighted by molar-refractivity contribution is 7.99. The summed E-state index contributed by atoms with van der Waals surface area (Å²) in [5.74, 6) is 0.755. The third-order valence-electron chi connectivity index (χ3n) is 4.48. The number of carbonyl (C=O) groups excluding carboxylic acids is 2. The van der Waals surface area contributed by atoms with Crippen LogP contribution in [0.3, 0.4) is 0 Å². The van der Waals surface area contributed by atoms with E-state index in [-0.39, 0.29) is 35.5 Å². The third-order valence-corrected chi connectivity index (χ3v) is 5.45. The Labute approximate surface area is 185 Å². The minimum atomic E-state index is -0.318. The molecule has 0 fully saturated rings. The van der Waals surface area contributed by atoms with Crippen LogP contribution in [-0.4, -0.2) is 42.3 Å². The molecule has 0 radical (unpaired) electrons. The fourth-order valence-electron chi connectivity index (χ4n) is 2.93. The first kappa shape index (κ1) is 22.4. The first-order valence-electron chi connectivity index (χ1n) is 9.98. The van der Waals surface area contributed by atoms with Gasteiger partial charge in [0.2, 0.25) is 11.9 Å². The van der Waals surface area contributed by atoms with Crippen molar-refractivity contribution < 1.29 is 9.59 Å². The SMILES string of the molecule is CCn1c(SCC(=O)Nc2ncccn2)nnc1[C@H](NC(=O)c1ccccc1)C(C)C. The Morgan fingerprint density at radius 1 is 1.06 bits per heavy atom. The summed E-state index contributed by atoms with van der Waals surface area (Å²) in [5, 5.41) is 14.9. The van der Waals surface area contributed by atoms with Crippen LogP contribution >= 0.6 is 11.8 Å². The molecule has 9 nitrogen and oxygen atoms in total. The smallest absolute Gasteiger partial charge is 0.251 e. The molecule has 0 aliphatic carbocycles. The van der Waals surface area contributed by atoms with E-state index in [4.69, 9.17) is 0 Å². The van der Waals surface area contributed by atoms with Crippen molar-refractivity contribution in [1.82, 2.24) is 30.0 Å². The Bertz CT molecular complexity index is 1010. The lowest BCUT2D eigenvalue weighted by molar-refractivity contribution is -0.113. The molecule has 1 atom stereocenters. The molecule has 3 rings (SSSR count). The lowest BCUT2D eigenvalue weighted by Gasteiger charge is -2.22. The number of anilines is 1. The van der Waals surface area contributed by atoms with E-state index in [0.29, 0.717) is 23.1 Å². The van der Waals surface area contributed by atoms with Gasteiger partial charge in [-0.15, -0.1) is 10.2 Å². The van der Waals surface area contributed by atoms with E-state index in [2.05, 4.69) is 30.8 Å². The summed E-state index contributed by atoms with van der Waals surface area (Å²) in [4.78, 5) is 32.9. The van der Waals surface area contributed by atoms with Gasteiger partial charge in [-0.1, -0.05) is 43.8 Å². The number of carbonyl (C=O) groups is 2. The number of rotatable bonds is 9. The van der Waals surface area contributed by atoms with Crippen molar-refractivity contribution in [3.8, 4) is 0 Å². The number of nitrogens with one attached hydrogen (secondary N) is 2. The number of amides is 2. The van der Waals surface area contributed by atoms with Crippen LogP contribution in [0.2, 0.25) is 0 Å². The van der Waals surface area contributed by atoms with E-state index >= 15 is 0 Å². The highest BCUT2D eigenvalue weighted by Crippen LogP contribution is 2.25. The fourth-order valence-corrected chi connectivity index (χ4v) is 3.74. The summed E-state index contributed by atoms with van der Waals surface area (Å²) < 4.78 is 1.92. The summed E-state index contributed by atoms with van der Waals surface area (Å²) in [6, 6.07) is 10.4. The van der Waals surface area contributed by atoms with Gasteiger partial charge in [0.05, 0.1) is 11.8 Å². The molecule has 0 bridgehead atoms. The van der Waals surface area contributed by atoms with Crippen LogP contribution in [0.5, 0.6) is 0 Å². The summed E-state index contributed by atoms with van der Waals surface area (Å²) in [6.45, 7) is 6.62. The predicted molar refractivity (Wildman–Crippen MR) is 119 cm³/mol. The van der Waals surface area contributed by atoms with E-state index in [1.54, 1.807) is 30.6 Å². The number of benzene rings is 1. The van der Waals surface area contributed by atoms with Gasteiger partial charge in [-0.05, 0) is 31.0 Å². The Kier molecular flexibility index (Phi) is 7.71. The molecular weight excluding hydrogens is 414 g/mol. The molecular formula is C21H25N7O2S. The van der Waals surface area contributed by atoms with Crippen molar-refractivity contribution in [2.75, 3.05) is 11.1 Å². The molecule has 3 aromatic rings. The van der Waals surface area contributed by atoms with E-state index in [1.807, 2.05) is 43.5 Å². The molecule has 1 aromatic carbocycles. The zero-order chi connectivity index (χ0) is 22.2. The summed E-state index contributed by atoms with van der Waals surface area (Å²) >= 11 is 1.27. The fraction of sp³-hybridized carbons (Fsp3) is 0.333. The molecule has 0 unspecified atom stereocenters. The Morgan fingerprint density at radius 3 is 2.42 bits per heavy atom. The molecule has 0 spiro atoms. The molecule has 0 saturated heterocycles. The molecule has 0 aliphatic rings. The van der Waals surface area contributed by atoms with Crippen molar-refractivity contribution in [3.05, 3.63) is 60.2 Å². The van der Waals surface area contributed by atoms with Gasteiger partial charge in [-0.3, -0.25) is 14.9 Å². The highest BCUT2D eigenvalue weighted by atomic mass is 32.2. The van der Waals surface area contributed by atoms with Crippen molar-refractivity contribution in [1.29, 1.82) is 0 Å². The first-order valence-corrected chi connectivity index (χ1v) is 11.0. The Morgan fingerprint density at radius 2 is 1.77 bits per heavy atom. The minimum absolute atomic E-state index is 0.0959. The molecule has 10 heteroatoms. The van der Waals surface area contributed by atoms with Gasteiger partial charge in [0.1, 0.15) is 0 Å². The normalized spacial score (nSPS) is 11.9. The highest BCUT2D eigenvalue weighted by Gasteiger charge is 2.26. The van der Waals surface area contributed by atoms with Crippen LogP contribution < -0.4 is 10.6 Å². The zero-order valence-corrected chi connectivity index (χ0v) is 18.5. The molecule has 2 heterocycles. The molecule has 0 saturated carbocycles. The summed E-state index contributed by atoms with van der Waals surface area (Å²) in [7, 11) is 0. The van der Waals surface area contributed by atoms with Crippen LogP contribution in [-0.2, 0) is 11.3 Å². The second-order valence-corrected chi connectivity index (χ2v) is 8.00. The van der Waals surface area contributed by atoms with Crippen LogP contribution in [0.1, 0.15) is 43.0 Å². The number of nitrogens with zero attached hydrogens (tertiary/aromatic N) is 5. The lowest BCUT2D eigenvalue weighted by atomic mass is 10.0. The molecule has 2 aromatic heterocycles. The van der Waals surface area contributed by atoms with Gasteiger partial charge < -0.3 is 9.88 Å². The monoisotopic (exact) mass is 439 g/mol. The van der Waals surface area contributed by atoms with Crippen molar-refractivity contribution >= 4 is 29.5 Å². The number of thioether (sulfide) groups is 1. The maximum Gasteiger partial charge on any atom is 0.251 e. The van der Waals surface area contributed by atoms with Crippen LogP contribution in [0.25, 0.3) is 0 Å². The molecule has 2 N–H and O–H groups in total. The third kappa shape index (κ3) is 5.88. The van der Waals surface area contributed by atoms with Gasteiger partial charge >= 0.3 is 0 Å². The van der Waals surface area contributed by atoms with Gasteiger partial charge in [0, 0.05) is 24.5 Å². The zero-order valence-electron chi connectivity index (χ0n) is 17.6. The van der Waals surface area contributed by atoms with E-state index in [1.165, 1.54) is 11.8 Å². The largest absolute Gasteiger partial charge is 0.342 e. The average molecular weight is 440 g/mol. The minimum Gasteiger partial charge on any atom is -0.342 e. The van der Waals surface area contributed by atoms with Crippen molar-refractivity contribution in [2.45, 2.75) is 38.5 Å². The molecule has 2 amide bonds. The second kappa shape index (κ2) is 10.7. The van der Waals surface area contributed by atoms with Crippen LogP contribution in [0.15, 0.2) is 53.9 Å². The first-order chi connectivity index (χ1) is 15.0. The lowest BCUT2D eigenvalue weighted by Crippen LogP contribution is -2.33. The van der Waals surface area contributed by atoms with E-state index < -0.39 is 0 Å². The van der Waals surface area contributed by atoms with Gasteiger partial charge in [-0.25, -0.2) is 9.97 Å². The summed E-state index contributed by atoms with van der Waals surface area (Å²) in [6.07, 6.45) is 3.12. The quantitative estimate of drug-likeness (QED) is 0.493. The Balaban J connectivity index is 1.70. The van der Waals surface area contributed by atoms with Gasteiger partial charge in [-0.2, -0.15) is 0 Å². The van der Waals surface area contributed by atoms with Gasteiger partial charge in [0.15, 0.2) is 11.0 Å². The van der Waals surface area contributed by atoms with E-state index in [9.17, 15) is 9.59 Å². The predicted octanol–water partition coefficient (Wildman–Crippen LogP) is 2.95. The number of aromatic nitrogens is 5. The molecule has 0 aliphatic heterocycles. The summed E-state index contributed by atoms with van der Waals surface area (Å²) in [5.41, 5.74) is 0.588. The molecule has 31 heavy (non-hydrogen) atoms. The van der Waals surface area contributed by atoms with E-state index in [0.717, 1.165) is 0 Å². The maximum absolute atomic E-state index is 12.7. The van der Waals surface area contributed by atoms with Crippen LogP contribution in [0, 0.1) is 5.92 Å². The number of hydrogen-bond donors (Lipinski definition) is 2. The van der Waals surface area contributed by atoms with Crippen molar-refractivity contribution in [2.24, 2.45) is 5.92 Å².